The molecule has 2 aromatic carbocycles. The first-order chi connectivity index (χ1) is 13.5. The molecule has 0 bridgehead atoms. The van der Waals surface area contributed by atoms with E-state index in [1.54, 1.807) is 61.9 Å². The van der Waals surface area contributed by atoms with Crippen LogP contribution in [-0.4, -0.2) is 26.4 Å². The Morgan fingerprint density at radius 3 is 2.36 bits per heavy atom. The predicted molar refractivity (Wildman–Crippen MR) is 111 cm³/mol. The van der Waals surface area contributed by atoms with Gasteiger partial charge in [-0.15, -0.1) is 0 Å². The summed E-state index contributed by atoms with van der Waals surface area (Å²) in [6.45, 7) is 2.39. The summed E-state index contributed by atoms with van der Waals surface area (Å²) < 4.78 is 25.5. The first kappa shape index (κ1) is 19.6. The molecule has 7 heteroatoms. The molecule has 0 unspecified atom stereocenters. The van der Waals surface area contributed by atoms with Crippen LogP contribution in [0.1, 0.15) is 11.1 Å². The molecule has 144 valence electrons. The molecule has 3 aromatic rings. The third-order valence-electron chi connectivity index (χ3n) is 4.16. The van der Waals surface area contributed by atoms with Crippen molar-refractivity contribution in [3.8, 4) is 0 Å². The van der Waals surface area contributed by atoms with Gasteiger partial charge in [-0.25, -0.2) is 8.42 Å². The molecule has 1 heterocycles. The van der Waals surface area contributed by atoms with Gasteiger partial charge in [0.05, 0.1) is 9.79 Å². The Balaban J connectivity index is 1.67. The molecule has 0 aliphatic carbocycles. The number of nitrogens with zero attached hydrogens (tertiary/aromatic N) is 2. The van der Waals surface area contributed by atoms with Crippen molar-refractivity contribution < 1.29 is 8.42 Å². The molecule has 1 aromatic heterocycles. The Hall–Kier alpha value is -3.19. The highest BCUT2D eigenvalue weighted by atomic mass is 32.2. The molecular formula is C21H22N4O2S. The van der Waals surface area contributed by atoms with Crippen molar-refractivity contribution in [1.82, 2.24) is 10.3 Å². The minimum Gasteiger partial charge on any atom is -0.352 e. The molecule has 0 fully saturated rings. The van der Waals surface area contributed by atoms with Crippen LogP contribution >= 0.6 is 0 Å². The van der Waals surface area contributed by atoms with Crippen LogP contribution in [0.3, 0.4) is 0 Å². The average molecular weight is 395 g/mol. The minimum absolute atomic E-state index is 0.279. The maximum absolute atomic E-state index is 12.8. The van der Waals surface area contributed by atoms with Crippen LogP contribution < -0.4 is 10.6 Å². The number of sulfone groups is 1. The predicted octanol–water partition coefficient (Wildman–Crippen LogP) is 3.41. The molecule has 0 saturated heterocycles. The number of guanidine groups is 1. The van der Waals surface area contributed by atoms with Crippen molar-refractivity contribution in [3.63, 3.8) is 0 Å². The largest absolute Gasteiger partial charge is 0.352 e. The van der Waals surface area contributed by atoms with Gasteiger partial charge in [0.1, 0.15) is 0 Å². The van der Waals surface area contributed by atoms with Gasteiger partial charge in [-0.05, 0) is 54.4 Å². The number of rotatable bonds is 5. The molecule has 0 aliphatic heterocycles. The smallest absolute Gasteiger partial charge is 0.206 e. The first-order valence-electron chi connectivity index (χ1n) is 8.77. The Kier molecular flexibility index (Phi) is 6.06. The molecule has 2 N–H and O–H groups in total. The van der Waals surface area contributed by atoms with Crippen LogP contribution in [0.25, 0.3) is 0 Å². The maximum Gasteiger partial charge on any atom is 0.206 e. The van der Waals surface area contributed by atoms with E-state index >= 15 is 0 Å². The number of hydrogen-bond donors (Lipinski definition) is 2. The number of nitrogens with one attached hydrogen (secondary N) is 2. The molecule has 0 atom stereocenters. The van der Waals surface area contributed by atoms with Gasteiger partial charge < -0.3 is 10.6 Å². The van der Waals surface area contributed by atoms with Crippen LogP contribution in [0.5, 0.6) is 0 Å². The molecule has 0 saturated carbocycles. The highest BCUT2D eigenvalue weighted by Crippen LogP contribution is 2.22. The van der Waals surface area contributed by atoms with Crippen LogP contribution in [0.4, 0.5) is 5.69 Å². The van der Waals surface area contributed by atoms with Crippen LogP contribution in [0, 0.1) is 6.92 Å². The zero-order valence-electron chi connectivity index (χ0n) is 15.8. The van der Waals surface area contributed by atoms with Crippen molar-refractivity contribution in [2.45, 2.75) is 23.3 Å². The number of benzene rings is 2. The molecule has 0 aliphatic rings. The second-order valence-corrected chi connectivity index (χ2v) is 8.20. The summed E-state index contributed by atoms with van der Waals surface area (Å²) in [5.41, 5.74) is 2.73. The van der Waals surface area contributed by atoms with Crippen molar-refractivity contribution in [2.75, 3.05) is 12.4 Å². The van der Waals surface area contributed by atoms with E-state index in [-0.39, 0.29) is 4.90 Å². The van der Waals surface area contributed by atoms with Crippen molar-refractivity contribution in [3.05, 3.63) is 84.2 Å². The highest BCUT2D eigenvalue weighted by Gasteiger charge is 2.17. The zero-order valence-corrected chi connectivity index (χ0v) is 16.6. The minimum atomic E-state index is -3.52. The SMILES string of the molecule is CN=C(NCc1ccc(S(=O)(=O)c2cccc(C)c2)cc1)Nc1ccncc1. The third-order valence-corrected chi connectivity index (χ3v) is 5.93. The van der Waals surface area contributed by atoms with Gasteiger partial charge in [0.15, 0.2) is 5.96 Å². The number of pyridine rings is 1. The summed E-state index contributed by atoms with van der Waals surface area (Å²) in [5.74, 6) is 0.614. The molecule has 0 amide bonds. The molecule has 3 rings (SSSR count). The fourth-order valence-corrected chi connectivity index (χ4v) is 4.01. The zero-order chi connectivity index (χ0) is 20.0. The van der Waals surface area contributed by atoms with Gasteiger partial charge in [-0.1, -0.05) is 24.3 Å². The molecule has 28 heavy (non-hydrogen) atoms. The Morgan fingerprint density at radius 2 is 1.71 bits per heavy atom. The summed E-state index contributed by atoms with van der Waals surface area (Å²) in [4.78, 5) is 8.74. The number of aryl methyl sites for hydroxylation is 1. The normalized spacial score (nSPS) is 11.9. The van der Waals surface area contributed by atoms with E-state index in [2.05, 4.69) is 20.6 Å². The van der Waals surface area contributed by atoms with E-state index in [1.165, 1.54) is 0 Å². The second-order valence-electron chi connectivity index (χ2n) is 6.25. The molecular weight excluding hydrogens is 372 g/mol. The summed E-state index contributed by atoms with van der Waals surface area (Å²) >= 11 is 0. The summed E-state index contributed by atoms with van der Waals surface area (Å²) in [6, 6.07) is 17.5. The Labute approximate surface area is 165 Å². The van der Waals surface area contributed by atoms with Crippen molar-refractivity contribution >= 4 is 21.5 Å². The quantitative estimate of drug-likeness (QED) is 0.512. The van der Waals surface area contributed by atoms with E-state index in [0.717, 1.165) is 16.8 Å². The number of anilines is 1. The number of hydrogen-bond acceptors (Lipinski definition) is 4. The topological polar surface area (TPSA) is 83.5 Å². The second kappa shape index (κ2) is 8.67. The lowest BCUT2D eigenvalue weighted by Crippen LogP contribution is -2.30. The molecule has 0 spiro atoms. The van der Waals surface area contributed by atoms with Gasteiger partial charge in [0.2, 0.25) is 9.84 Å². The fourth-order valence-electron chi connectivity index (χ4n) is 2.64. The Morgan fingerprint density at radius 1 is 1.00 bits per heavy atom. The van der Waals surface area contributed by atoms with E-state index in [4.69, 9.17) is 0 Å². The van der Waals surface area contributed by atoms with E-state index < -0.39 is 9.84 Å². The number of aromatic nitrogens is 1. The maximum atomic E-state index is 12.8. The van der Waals surface area contributed by atoms with E-state index in [9.17, 15) is 8.42 Å². The van der Waals surface area contributed by atoms with Crippen LogP contribution in [-0.2, 0) is 16.4 Å². The fraction of sp³-hybridized carbons (Fsp3) is 0.143. The number of aliphatic imine (C=N–C) groups is 1. The lowest BCUT2D eigenvalue weighted by atomic mass is 10.2. The lowest BCUT2D eigenvalue weighted by Gasteiger charge is -2.12. The standard InChI is InChI=1S/C21H22N4O2S/c1-16-4-3-5-20(14-16)28(26,27)19-8-6-17(7-9-19)15-24-21(22-2)25-18-10-12-23-13-11-18/h3-14H,15H2,1-2H3,(H2,22,23,24,25). The first-order valence-corrected chi connectivity index (χ1v) is 10.3. The lowest BCUT2D eigenvalue weighted by molar-refractivity contribution is 0.596. The Bertz CT molecular complexity index is 1060. The van der Waals surface area contributed by atoms with Gasteiger partial charge in [0.25, 0.3) is 0 Å². The van der Waals surface area contributed by atoms with Gasteiger partial charge in [0, 0.05) is 31.7 Å². The van der Waals surface area contributed by atoms with Gasteiger partial charge in [-0.3, -0.25) is 9.98 Å². The van der Waals surface area contributed by atoms with Crippen molar-refractivity contribution in [1.29, 1.82) is 0 Å². The van der Waals surface area contributed by atoms with Crippen LogP contribution in [0.2, 0.25) is 0 Å². The summed E-state index contributed by atoms with van der Waals surface area (Å²) in [5, 5.41) is 6.36. The monoisotopic (exact) mass is 394 g/mol. The molecule has 0 radical (unpaired) electrons. The van der Waals surface area contributed by atoms with Crippen LogP contribution in [0.15, 0.2) is 87.8 Å². The van der Waals surface area contributed by atoms with E-state index in [0.29, 0.717) is 17.4 Å². The molecule has 6 nitrogen and oxygen atoms in total. The van der Waals surface area contributed by atoms with Crippen molar-refractivity contribution in [2.24, 2.45) is 4.99 Å². The van der Waals surface area contributed by atoms with Gasteiger partial charge >= 0.3 is 0 Å². The van der Waals surface area contributed by atoms with E-state index in [1.807, 2.05) is 25.1 Å². The average Bonchev–Trinajstić information content (AvgIpc) is 2.72. The third kappa shape index (κ3) is 4.75. The van der Waals surface area contributed by atoms with Gasteiger partial charge in [-0.2, -0.15) is 0 Å². The highest BCUT2D eigenvalue weighted by molar-refractivity contribution is 7.91. The summed E-state index contributed by atoms with van der Waals surface area (Å²) in [7, 11) is -1.83. The summed E-state index contributed by atoms with van der Waals surface area (Å²) in [6.07, 6.45) is 3.39.